The van der Waals surface area contributed by atoms with E-state index in [0.29, 0.717) is 43.2 Å². The van der Waals surface area contributed by atoms with E-state index >= 15 is 0 Å². The van der Waals surface area contributed by atoms with Crippen LogP contribution in [0.15, 0.2) is 18.2 Å². The molecule has 0 spiro atoms. The summed E-state index contributed by atoms with van der Waals surface area (Å²) in [4.78, 5) is 32.0. The van der Waals surface area contributed by atoms with Gasteiger partial charge in [-0.25, -0.2) is 4.79 Å². The first-order valence-electron chi connectivity index (χ1n) is 12.4. The van der Waals surface area contributed by atoms with Crippen molar-refractivity contribution in [1.82, 2.24) is 20.0 Å². The lowest BCUT2D eigenvalue weighted by Crippen LogP contribution is -2.55. The molecule has 0 aromatic heterocycles. The van der Waals surface area contributed by atoms with Crippen LogP contribution in [-0.4, -0.2) is 92.7 Å². The molecule has 2 heterocycles. The van der Waals surface area contributed by atoms with Gasteiger partial charge in [-0.05, 0) is 43.7 Å². The minimum atomic E-state index is -0.0794. The average Bonchev–Trinajstić information content (AvgIpc) is 3.37. The van der Waals surface area contributed by atoms with Crippen LogP contribution in [0.4, 0.5) is 4.79 Å². The number of urea groups is 1. The highest BCUT2D eigenvalue weighted by Crippen LogP contribution is 2.27. The third kappa shape index (κ3) is 5.91. The van der Waals surface area contributed by atoms with E-state index in [1.54, 1.807) is 37.3 Å². The zero-order valence-electron chi connectivity index (χ0n) is 20.1. The molecule has 3 aliphatic rings. The standard InChI is InChI=1S/C25H38N4O4/c1-32-21-7-8-22(23(17-21)33-2)24(30)28-13-15-29(16-14-28)25(31)26-20-9-11-27(12-10-20)18-19-5-3-4-6-19/h7-8,17,19-20H,3-6,9-16,18H2,1-2H3,(H,26,31). The number of carbonyl (C=O) groups is 2. The molecule has 0 unspecified atom stereocenters. The second-order valence-corrected chi connectivity index (χ2v) is 9.52. The van der Waals surface area contributed by atoms with Crippen LogP contribution in [0, 0.1) is 5.92 Å². The fourth-order valence-electron chi connectivity index (χ4n) is 5.34. The smallest absolute Gasteiger partial charge is 0.317 e. The summed E-state index contributed by atoms with van der Waals surface area (Å²) in [6, 6.07) is 5.46. The Morgan fingerprint density at radius 3 is 2.21 bits per heavy atom. The number of hydrogen-bond donors (Lipinski definition) is 1. The summed E-state index contributed by atoms with van der Waals surface area (Å²) < 4.78 is 10.6. The Balaban J connectivity index is 1.21. The Hall–Kier alpha value is -2.48. The lowest BCUT2D eigenvalue weighted by molar-refractivity contribution is 0.0657. The molecule has 3 amide bonds. The maximum atomic E-state index is 13.0. The number of carbonyl (C=O) groups excluding carboxylic acids is 2. The van der Waals surface area contributed by atoms with Gasteiger partial charge in [-0.15, -0.1) is 0 Å². The van der Waals surface area contributed by atoms with Gasteiger partial charge in [0.05, 0.1) is 19.8 Å². The summed E-state index contributed by atoms with van der Waals surface area (Å²) in [6.07, 6.45) is 7.60. The molecule has 1 N–H and O–H groups in total. The predicted octanol–water partition coefficient (Wildman–Crippen LogP) is 2.83. The van der Waals surface area contributed by atoms with Crippen molar-refractivity contribution in [2.24, 2.45) is 5.92 Å². The van der Waals surface area contributed by atoms with Crippen LogP contribution in [0.5, 0.6) is 11.5 Å². The molecule has 1 aromatic carbocycles. The number of benzene rings is 1. The third-order valence-corrected chi connectivity index (χ3v) is 7.40. The number of nitrogens with one attached hydrogen (secondary N) is 1. The molecule has 1 aromatic rings. The lowest BCUT2D eigenvalue weighted by Gasteiger charge is -2.37. The first-order valence-corrected chi connectivity index (χ1v) is 12.4. The summed E-state index contributed by atoms with van der Waals surface area (Å²) in [5.41, 5.74) is 0.514. The number of nitrogens with zero attached hydrogens (tertiary/aromatic N) is 3. The van der Waals surface area contributed by atoms with E-state index in [-0.39, 0.29) is 18.0 Å². The Bertz CT molecular complexity index is 811. The zero-order chi connectivity index (χ0) is 23.2. The fourth-order valence-corrected chi connectivity index (χ4v) is 5.34. The third-order valence-electron chi connectivity index (χ3n) is 7.40. The van der Waals surface area contributed by atoms with Gasteiger partial charge in [0, 0.05) is 57.9 Å². The molecule has 1 aliphatic carbocycles. The monoisotopic (exact) mass is 458 g/mol. The van der Waals surface area contributed by atoms with Gasteiger partial charge in [0.1, 0.15) is 11.5 Å². The number of piperazine rings is 1. The molecule has 33 heavy (non-hydrogen) atoms. The molecule has 0 bridgehead atoms. The van der Waals surface area contributed by atoms with E-state index in [0.717, 1.165) is 31.8 Å². The van der Waals surface area contributed by atoms with E-state index in [1.807, 2.05) is 4.90 Å². The van der Waals surface area contributed by atoms with E-state index in [2.05, 4.69) is 10.2 Å². The summed E-state index contributed by atoms with van der Waals surface area (Å²) >= 11 is 0. The van der Waals surface area contributed by atoms with Crippen molar-refractivity contribution in [2.75, 3.05) is 60.0 Å². The molecule has 3 fully saturated rings. The number of amides is 3. The number of hydrogen-bond acceptors (Lipinski definition) is 5. The molecule has 2 aliphatic heterocycles. The van der Waals surface area contributed by atoms with Crippen molar-refractivity contribution >= 4 is 11.9 Å². The van der Waals surface area contributed by atoms with Crippen LogP contribution in [-0.2, 0) is 0 Å². The molecule has 2 saturated heterocycles. The number of piperidine rings is 1. The minimum Gasteiger partial charge on any atom is -0.497 e. The van der Waals surface area contributed by atoms with Crippen LogP contribution >= 0.6 is 0 Å². The summed E-state index contributed by atoms with van der Waals surface area (Å²) in [5.74, 6) is 1.95. The van der Waals surface area contributed by atoms with Gasteiger partial charge in [-0.2, -0.15) is 0 Å². The highest BCUT2D eigenvalue weighted by molar-refractivity contribution is 5.97. The van der Waals surface area contributed by atoms with E-state index in [9.17, 15) is 9.59 Å². The van der Waals surface area contributed by atoms with Gasteiger partial charge in [0.2, 0.25) is 0 Å². The SMILES string of the molecule is COc1ccc(C(=O)N2CCN(C(=O)NC3CCN(CC4CCCC4)CC3)CC2)c(OC)c1. The topological polar surface area (TPSA) is 74.4 Å². The normalized spacial score (nSPS) is 20.7. The second kappa shape index (κ2) is 11.1. The molecule has 8 heteroatoms. The lowest BCUT2D eigenvalue weighted by atomic mass is 10.0. The molecule has 8 nitrogen and oxygen atoms in total. The van der Waals surface area contributed by atoms with Crippen LogP contribution in [0.1, 0.15) is 48.9 Å². The molecule has 1 saturated carbocycles. The maximum Gasteiger partial charge on any atom is 0.317 e. The Labute approximate surface area is 197 Å². The van der Waals surface area contributed by atoms with Crippen molar-refractivity contribution in [2.45, 2.75) is 44.6 Å². The second-order valence-electron chi connectivity index (χ2n) is 9.52. The van der Waals surface area contributed by atoms with Crippen molar-refractivity contribution in [3.05, 3.63) is 23.8 Å². The van der Waals surface area contributed by atoms with Crippen LogP contribution < -0.4 is 14.8 Å². The van der Waals surface area contributed by atoms with Crippen molar-refractivity contribution in [1.29, 1.82) is 0 Å². The van der Waals surface area contributed by atoms with Gasteiger partial charge in [-0.3, -0.25) is 4.79 Å². The predicted molar refractivity (Wildman–Crippen MR) is 127 cm³/mol. The summed E-state index contributed by atoms with van der Waals surface area (Å²) in [7, 11) is 3.13. The number of likely N-dealkylation sites (tertiary alicyclic amines) is 1. The summed E-state index contributed by atoms with van der Waals surface area (Å²) in [6.45, 7) is 5.49. The van der Waals surface area contributed by atoms with Crippen molar-refractivity contribution in [3.63, 3.8) is 0 Å². The molecule has 0 radical (unpaired) electrons. The van der Waals surface area contributed by atoms with E-state index < -0.39 is 0 Å². The van der Waals surface area contributed by atoms with Crippen LogP contribution in [0.3, 0.4) is 0 Å². The quantitative estimate of drug-likeness (QED) is 0.710. The number of methoxy groups -OCH3 is 2. The molecule has 4 rings (SSSR count). The Kier molecular flexibility index (Phi) is 7.96. The van der Waals surface area contributed by atoms with Gasteiger partial charge in [0.15, 0.2) is 0 Å². The van der Waals surface area contributed by atoms with E-state index in [4.69, 9.17) is 9.47 Å². The molecule has 0 atom stereocenters. The van der Waals surface area contributed by atoms with Crippen molar-refractivity contribution in [3.8, 4) is 11.5 Å². The van der Waals surface area contributed by atoms with Crippen molar-refractivity contribution < 1.29 is 19.1 Å². The first kappa shape index (κ1) is 23.7. The number of ether oxygens (including phenoxy) is 2. The van der Waals surface area contributed by atoms with Gasteiger partial charge in [0.25, 0.3) is 5.91 Å². The number of rotatable bonds is 6. The zero-order valence-corrected chi connectivity index (χ0v) is 20.1. The first-order chi connectivity index (χ1) is 16.1. The molecule has 182 valence electrons. The van der Waals surface area contributed by atoms with Gasteiger partial charge in [-0.1, -0.05) is 12.8 Å². The maximum absolute atomic E-state index is 13.0. The largest absolute Gasteiger partial charge is 0.497 e. The molecular formula is C25H38N4O4. The molecular weight excluding hydrogens is 420 g/mol. The van der Waals surface area contributed by atoms with Crippen LogP contribution in [0.2, 0.25) is 0 Å². The fraction of sp³-hybridized carbons (Fsp3) is 0.680. The van der Waals surface area contributed by atoms with E-state index in [1.165, 1.54) is 32.2 Å². The highest BCUT2D eigenvalue weighted by Gasteiger charge is 2.29. The highest BCUT2D eigenvalue weighted by atomic mass is 16.5. The van der Waals surface area contributed by atoms with Crippen LogP contribution in [0.25, 0.3) is 0 Å². The Morgan fingerprint density at radius 2 is 1.58 bits per heavy atom. The van der Waals surface area contributed by atoms with Gasteiger partial charge < -0.3 is 29.5 Å². The summed E-state index contributed by atoms with van der Waals surface area (Å²) in [5, 5.41) is 3.23. The average molecular weight is 459 g/mol. The van der Waals surface area contributed by atoms with Gasteiger partial charge >= 0.3 is 6.03 Å². The Morgan fingerprint density at radius 1 is 0.909 bits per heavy atom. The minimum absolute atomic E-state index is 0.00151.